The van der Waals surface area contributed by atoms with E-state index in [-0.39, 0.29) is 48.0 Å². The van der Waals surface area contributed by atoms with Gasteiger partial charge in [0.15, 0.2) is 0 Å². The van der Waals surface area contributed by atoms with Crippen molar-refractivity contribution in [2.24, 2.45) is 5.92 Å². The number of halogens is 2. The maximum Gasteiger partial charge on any atom is 0.319 e. The molecule has 9 heteroatoms. The minimum absolute atomic E-state index is 0.00666. The fourth-order valence-electron chi connectivity index (χ4n) is 5.31. The number of nitrogens with zero attached hydrogens (tertiary/aromatic N) is 2. The molecule has 3 aromatic carbocycles. The molecule has 2 atom stereocenters. The van der Waals surface area contributed by atoms with Crippen molar-refractivity contribution in [1.29, 1.82) is 0 Å². The fourth-order valence-corrected chi connectivity index (χ4v) is 5.44. The van der Waals surface area contributed by atoms with Crippen LogP contribution < -0.4 is 20.4 Å². The Labute approximate surface area is 225 Å². The molecule has 1 heterocycles. The van der Waals surface area contributed by atoms with Crippen LogP contribution in [0.1, 0.15) is 30.4 Å². The average molecular weight is 535 g/mol. The molecule has 0 bridgehead atoms. The Morgan fingerprint density at radius 1 is 0.921 bits per heavy atom. The molecule has 5 rings (SSSR count). The molecule has 1 aliphatic heterocycles. The van der Waals surface area contributed by atoms with Gasteiger partial charge in [0.1, 0.15) is 11.7 Å². The van der Waals surface area contributed by atoms with Gasteiger partial charge in [0.25, 0.3) is 0 Å². The number of hydrogen-bond donors (Lipinski definition) is 2. The zero-order chi connectivity index (χ0) is 26.6. The summed E-state index contributed by atoms with van der Waals surface area (Å²) in [6.45, 7) is 0.602. The van der Waals surface area contributed by atoms with E-state index in [1.165, 1.54) is 12.1 Å². The number of carbonyl (C=O) groups is 3. The van der Waals surface area contributed by atoms with Crippen LogP contribution >= 0.6 is 11.6 Å². The third-order valence-electron chi connectivity index (χ3n) is 7.13. The van der Waals surface area contributed by atoms with Gasteiger partial charge in [-0.1, -0.05) is 42.8 Å². The van der Waals surface area contributed by atoms with Crippen LogP contribution in [-0.4, -0.2) is 29.8 Å². The highest BCUT2D eigenvalue weighted by atomic mass is 35.5. The van der Waals surface area contributed by atoms with Crippen molar-refractivity contribution in [2.45, 2.75) is 38.4 Å². The number of para-hydroxylation sites is 2. The topological polar surface area (TPSA) is 81.8 Å². The van der Waals surface area contributed by atoms with Gasteiger partial charge in [-0.05, 0) is 60.4 Å². The van der Waals surface area contributed by atoms with Crippen LogP contribution in [0.5, 0.6) is 0 Å². The van der Waals surface area contributed by atoms with Gasteiger partial charge in [-0.2, -0.15) is 0 Å². The van der Waals surface area contributed by atoms with Crippen molar-refractivity contribution in [3.63, 3.8) is 0 Å². The number of nitrogens with one attached hydrogen (secondary N) is 2. The van der Waals surface area contributed by atoms with Gasteiger partial charge in [-0.3, -0.25) is 9.59 Å². The summed E-state index contributed by atoms with van der Waals surface area (Å²) in [6, 6.07) is 20.1. The van der Waals surface area contributed by atoms with Crippen LogP contribution in [0.15, 0.2) is 72.8 Å². The van der Waals surface area contributed by atoms with E-state index in [4.69, 9.17) is 11.6 Å². The van der Waals surface area contributed by atoms with Gasteiger partial charge < -0.3 is 20.4 Å². The Balaban J connectivity index is 1.30. The predicted molar refractivity (Wildman–Crippen MR) is 146 cm³/mol. The van der Waals surface area contributed by atoms with Gasteiger partial charge >= 0.3 is 6.03 Å². The molecule has 4 amide bonds. The lowest BCUT2D eigenvalue weighted by Gasteiger charge is -2.30. The molecule has 38 heavy (non-hydrogen) atoms. The van der Waals surface area contributed by atoms with Crippen molar-refractivity contribution in [3.8, 4) is 0 Å². The summed E-state index contributed by atoms with van der Waals surface area (Å²) in [5.41, 5.74) is 3.67. The Morgan fingerprint density at radius 2 is 1.61 bits per heavy atom. The highest BCUT2D eigenvalue weighted by molar-refractivity contribution is 6.30. The fraction of sp³-hybridized carbons (Fsp3) is 0.276. The number of alkyl halides is 1. The Hall–Kier alpha value is -3.91. The van der Waals surface area contributed by atoms with Gasteiger partial charge in [-0.15, -0.1) is 11.6 Å². The first kappa shape index (κ1) is 25.7. The van der Waals surface area contributed by atoms with Crippen LogP contribution in [-0.2, 0) is 22.7 Å². The summed E-state index contributed by atoms with van der Waals surface area (Å²) in [5.74, 6) is -0.934. The molecule has 0 spiro atoms. The summed E-state index contributed by atoms with van der Waals surface area (Å²) in [5, 5.41) is 5.53. The number of carbonyl (C=O) groups excluding carboxylic acids is 3. The smallest absolute Gasteiger partial charge is 0.319 e. The highest BCUT2D eigenvalue weighted by Crippen LogP contribution is 2.43. The van der Waals surface area contributed by atoms with Crippen molar-refractivity contribution >= 4 is 46.5 Å². The van der Waals surface area contributed by atoms with E-state index in [2.05, 4.69) is 10.6 Å². The minimum Gasteiger partial charge on any atom is -0.334 e. The molecular formula is C29H28ClFN4O3. The summed E-state index contributed by atoms with van der Waals surface area (Å²) in [4.78, 5) is 42.4. The second kappa shape index (κ2) is 11.2. The van der Waals surface area contributed by atoms with Gasteiger partial charge in [-0.25, -0.2) is 9.18 Å². The Kier molecular flexibility index (Phi) is 7.60. The maximum atomic E-state index is 13.7. The quantitative estimate of drug-likeness (QED) is 0.413. The number of amides is 4. The number of urea groups is 1. The first-order chi connectivity index (χ1) is 18.4. The Morgan fingerprint density at radius 3 is 2.32 bits per heavy atom. The van der Waals surface area contributed by atoms with Gasteiger partial charge in [0.2, 0.25) is 11.8 Å². The minimum atomic E-state index is -0.380. The first-order valence-electron chi connectivity index (χ1n) is 12.6. The third kappa shape index (κ3) is 5.36. The van der Waals surface area contributed by atoms with Crippen LogP contribution in [0, 0.1) is 11.7 Å². The summed E-state index contributed by atoms with van der Waals surface area (Å²) >= 11 is 5.97. The van der Waals surface area contributed by atoms with Crippen LogP contribution in [0.2, 0.25) is 0 Å². The number of fused-ring (bicyclic) bond motifs is 2. The molecule has 0 unspecified atom stereocenters. The van der Waals surface area contributed by atoms with E-state index in [0.29, 0.717) is 23.6 Å². The van der Waals surface area contributed by atoms with Crippen LogP contribution in [0.25, 0.3) is 0 Å². The largest absolute Gasteiger partial charge is 0.334 e. The molecule has 0 radical (unpaired) electrons. The molecule has 7 nitrogen and oxygen atoms in total. The lowest BCUT2D eigenvalue weighted by molar-refractivity contribution is -0.122. The van der Waals surface area contributed by atoms with Crippen molar-refractivity contribution < 1.29 is 18.8 Å². The van der Waals surface area contributed by atoms with E-state index in [9.17, 15) is 18.8 Å². The SMILES string of the molecule is O=C(NCc1ccc(F)cc1)Nc1ccc(CN2C(=O)[C@H]3CCC[C@H]3N(C(=O)CCl)c3ccccc32)cc1. The predicted octanol–water partition coefficient (Wildman–Crippen LogP) is 5.43. The summed E-state index contributed by atoms with van der Waals surface area (Å²) in [7, 11) is 0. The van der Waals surface area contributed by atoms with E-state index in [1.54, 1.807) is 34.1 Å². The average Bonchev–Trinajstić information content (AvgIpc) is 3.38. The molecule has 0 aromatic heterocycles. The van der Waals surface area contributed by atoms with E-state index in [1.807, 2.05) is 36.4 Å². The number of anilines is 3. The molecule has 1 aliphatic carbocycles. The molecule has 1 saturated carbocycles. The molecule has 2 N–H and O–H groups in total. The summed E-state index contributed by atoms with van der Waals surface area (Å²) in [6.07, 6.45) is 2.38. The molecule has 196 valence electrons. The second-order valence-corrected chi connectivity index (χ2v) is 9.81. The normalized spacial score (nSPS) is 18.4. The molecular weight excluding hydrogens is 507 g/mol. The first-order valence-corrected chi connectivity index (χ1v) is 13.1. The van der Waals surface area contributed by atoms with E-state index in [0.717, 1.165) is 30.4 Å². The monoisotopic (exact) mass is 534 g/mol. The second-order valence-electron chi connectivity index (χ2n) is 9.55. The van der Waals surface area contributed by atoms with E-state index >= 15 is 0 Å². The third-order valence-corrected chi connectivity index (χ3v) is 7.36. The number of benzene rings is 3. The van der Waals surface area contributed by atoms with Crippen molar-refractivity contribution in [1.82, 2.24) is 5.32 Å². The van der Waals surface area contributed by atoms with Crippen molar-refractivity contribution in [2.75, 3.05) is 21.0 Å². The highest BCUT2D eigenvalue weighted by Gasteiger charge is 2.45. The zero-order valence-corrected chi connectivity index (χ0v) is 21.5. The van der Waals surface area contributed by atoms with Crippen molar-refractivity contribution in [3.05, 3.63) is 89.7 Å². The lowest BCUT2D eigenvalue weighted by Crippen LogP contribution is -2.45. The summed E-state index contributed by atoms with van der Waals surface area (Å²) < 4.78 is 13.0. The zero-order valence-electron chi connectivity index (χ0n) is 20.7. The standard InChI is InChI=1S/C29H28ClFN4O3/c30-16-27(36)35-24-7-3-4-23(24)28(37)34(25-5-1-2-6-26(25)35)18-20-10-14-22(15-11-20)33-29(38)32-17-19-8-12-21(31)13-9-19/h1-2,5-6,8-15,23-24H,3-4,7,16-18H2,(H2,32,33,38)/t23-,24+/m0/s1. The van der Waals surface area contributed by atoms with Gasteiger partial charge in [0.05, 0.1) is 23.8 Å². The van der Waals surface area contributed by atoms with Crippen LogP contribution in [0.3, 0.4) is 0 Å². The molecule has 3 aromatic rings. The van der Waals surface area contributed by atoms with Gasteiger partial charge in [0, 0.05) is 18.3 Å². The lowest BCUT2D eigenvalue weighted by atomic mass is 10.0. The maximum absolute atomic E-state index is 13.7. The number of hydrogen-bond acceptors (Lipinski definition) is 3. The Bertz CT molecular complexity index is 1330. The number of rotatable bonds is 6. The molecule has 2 aliphatic rings. The van der Waals surface area contributed by atoms with Crippen LogP contribution in [0.4, 0.5) is 26.2 Å². The molecule has 0 saturated heterocycles. The van der Waals surface area contributed by atoms with E-state index < -0.39 is 0 Å². The molecule has 1 fully saturated rings.